The predicted octanol–water partition coefficient (Wildman–Crippen LogP) is 4.35. The molecule has 0 bridgehead atoms. The van der Waals surface area contributed by atoms with E-state index >= 15 is 0 Å². The van der Waals surface area contributed by atoms with Crippen LogP contribution >= 0.6 is 0 Å². The van der Waals surface area contributed by atoms with E-state index in [1.807, 2.05) is 24.3 Å². The molecule has 31 heavy (non-hydrogen) atoms. The van der Waals surface area contributed by atoms with Crippen molar-refractivity contribution in [2.24, 2.45) is 11.8 Å². The first-order chi connectivity index (χ1) is 14.9. The van der Waals surface area contributed by atoms with Crippen molar-refractivity contribution in [1.29, 1.82) is 0 Å². The third kappa shape index (κ3) is 6.64. The molecule has 1 aliphatic heterocycles. The van der Waals surface area contributed by atoms with Gasteiger partial charge in [-0.25, -0.2) is 0 Å². The fourth-order valence-electron chi connectivity index (χ4n) is 5.31. The van der Waals surface area contributed by atoms with Crippen LogP contribution < -0.4 is 0 Å². The molecule has 2 saturated carbocycles. The van der Waals surface area contributed by atoms with Crippen LogP contribution in [0.2, 0.25) is 0 Å². The van der Waals surface area contributed by atoms with Crippen LogP contribution in [0.4, 0.5) is 0 Å². The van der Waals surface area contributed by atoms with E-state index in [2.05, 4.69) is 6.92 Å². The van der Waals surface area contributed by atoms with E-state index in [9.17, 15) is 15.0 Å². The van der Waals surface area contributed by atoms with Crippen LogP contribution in [-0.2, 0) is 14.3 Å². The molecule has 3 aliphatic rings. The average Bonchev–Trinajstić information content (AvgIpc) is 3.35. The number of unbranched alkanes of at least 4 members (excludes halogenated alkanes) is 3. The van der Waals surface area contributed by atoms with Gasteiger partial charge in [0, 0.05) is 25.2 Å². The highest BCUT2D eigenvalue weighted by Crippen LogP contribution is 2.43. The summed E-state index contributed by atoms with van der Waals surface area (Å²) in [5.41, 5.74) is 0. The lowest BCUT2D eigenvalue weighted by atomic mass is 9.89. The number of aliphatic hydroxyl groups is 2. The van der Waals surface area contributed by atoms with E-state index in [1.54, 1.807) is 0 Å². The van der Waals surface area contributed by atoms with E-state index in [-0.39, 0.29) is 30.5 Å². The first-order valence-corrected chi connectivity index (χ1v) is 12.2. The van der Waals surface area contributed by atoms with Gasteiger partial charge in [-0.05, 0) is 56.9 Å². The minimum absolute atomic E-state index is 0.0597. The number of aliphatic carboxylic acids is 1. The zero-order valence-corrected chi connectivity index (χ0v) is 18.8. The molecule has 176 valence electrons. The summed E-state index contributed by atoms with van der Waals surface area (Å²) in [7, 11) is 0. The number of aliphatic hydroxyl groups excluding tert-OH is 2. The molecular weight excluding hydrogens is 396 g/mol. The Labute approximate surface area is 186 Å². The normalized spacial score (nSPS) is 37.9. The lowest BCUT2D eigenvalue weighted by Gasteiger charge is -2.27. The molecule has 2 aliphatic carbocycles. The summed E-state index contributed by atoms with van der Waals surface area (Å²) < 4.78 is 12.8. The molecule has 3 fully saturated rings. The van der Waals surface area contributed by atoms with Gasteiger partial charge in [0.15, 0.2) is 5.79 Å². The van der Waals surface area contributed by atoms with Gasteiger partial charge in [0.2, 0.25) is 0 Å². The van der Waals surface area contributed by atoms with Crippen molar-refractivity contribution in [2.75, 3.05) is 0 Å². The van der Waals surface area contributed by atoms with Gasteiger partial charge in [0.05, 0.1) is 24.4 Å². The minimum Gasteiger partial charge on any atom is -0.481 e. The smallest absolute Gasteiger partial charge is 0.303 e. The number of rotatable bonds is 12. The number of fused-ring (bicyclic) bond motifs is 1. The summed E-state index contributed by atoms with van der Waals surface area (Å²) in [4.78, 5) is 10.6. The van der Waals surface area contributed by atoms with Crippen molar-refractivity contribution >= 4 is 5.97 Å². The highest BCUT2D eigenvalue weighted by Gasteiger charge is 2.48. The summed E-state index contributed by atoms with van der Waals surface area (Å²) in [6, 6.07) is 0. The first kappa shape index (κ1) is 24.4. The van der Waals surface area contributed by atoms with E-state index in [0.29, 0.717) is 25.7 Å². The van der Waals surface area contributed by atoms with Gasteiger partial charge in [0.1, 0.15) is 0 Å². The van der Waals surface area contributed by atoms with Gasteiger partial charge in [-0.2, -0.15) is 0 Å². The maximum absolute atomic E-state index is 10.6. The molecule has 2 unspecified atom stereocenters. The third-order valence-electron chi connectivity index (χ3n) is 7.05. The van der Waals surface area contributed by atoms with Crippen molar-refractivity contribution in [1.82, 2.24) is 0 Å². The summed E-state index contributed by atoms with van der Waals surface area (Å²) in [6.45, 7) is 2.18. The van der Waals surface area contributed by atoms with Crippen molar-refractivity contribution in [3.63, 3.8) is 0 Å². The first-order valence-electron chi connectivity index (χ1n) is 12.2. The number of hydrogen-bond donors (Lipinski definition) is 3. The molecule has 6 heteroatoms. The molecule has 6 atom stereocenters. The fraction of sp³-hybridized carbons (Fsp3) is 0.800. The van der Waals surface area contributed by atoms with Crippen LogP contribution in [0.3, 0.4) is 0 Å². The molecule has 0 radical (unpaired) electrons. The SMILES string of the molecule is CCCCCC1(/C=C/[C@@H]2[C@@H](C/C=C\CCCC(=O)O)[C@@H](O)C[C@H]2O)OC2CCCC2O1. The molecule has 3 N–H and O–H groups in total. The Morgan fingerprint density at radius 3 is 2.48 bits per heavy atom. The van der Waals surface area contributed by atoms with Crippen LogP contribution in [0.15, 0.2) is 24.3 Å². The zero-order chi connectivity index (χ0) is 22.3. The lowest BCUT2D eigenvalue weighted by molar-refractivity contribution is -0.147. The third-order valence-corrected chi connectivity index (χ3v) is 7.05. The molecule has 3 rings (SSSR count). The molecule has 0 amide bonds. The fourth-order valence-corrected chi connectivity index (χ4v) is 5.31. The van der Waals surface area contributed by atoms with Crippen LogP contribution in [0.5, 0.6) is 0 Å². The van der Waals surface area contributed by atoms with Crippen LogP contribution in [0.25, 0.3) is 0 Å². The lowest BCUT2D eigenvalue weighted by Crippen LogP contribution is -2.30. The van der Waals surface area contributed by atoms with Crippen LogP contribution in [-0.4, -0.2) is 51.5 Å². The van der Waals surface area contributed by atoms with Crippen molar-refractivity contribution < 1.29 is 29.6 Å². The highest BCUT2D eigenvalue weighted by molar-refractivity contribution is 5.66. The Bertz CT molecular complexity index is 618. The van der Waals surface area contributed by atoms with Crippen LogP contribution in [0, 0.1) is 11.8 Å². The average molecular weight is 437 g/mol. The van der Waals surface area contributed by atoms with Crippen molar-refractivity contribution in [3.05, 3.63) is 24.3 Å². The largest absolute Gasteiger partial charge is 0.481 e. The van der Waals surface area contributed by atoms with Gasteiger partial charge < -0.3 is 24.8 Å². The van der Waals surface area contributed by atoms with Gasteiger partial charge in [-0.1, -0.05) is 38.0 Å². The maximum atomic E-state index is 10.6. The molecule has 1 saturated heterocycles. The molecule has 6 nitrogen and oxygen atoms in total. The summed E-state index contributed by atoms with van der Waals surface area (Å²) in [5.74, 6) is -1.68. The second-order valence-corrected chi connectivity index (χ2v) is 9.48. The molecule has 1 heterocycles. The molecule has 0 aromatic carbocycles. The molecule has 0 aromatic heterocycles. The van der Waals surface area contributed by atoms with E-state index in [1.165, 1.54) is 0 Å². The zero-order valence-electron chi connectivity index (χ0n) is 18.8. The maximum Gasteiger partial charge on any atom is 0.303 e. The van der Waals surface area contributed by atoms with E-state index in [4.69, 9.17) is 14.6 Å². The quantitative estimate of drug-likeness (QED) is 0.311. The second-order valence-electron chi connectivity index (χ2n) is 9.48. The highest BCUT2D eigenvalue weighted by atomic mass is 16.8. The molecule has 0 spiro atoms. The van der Waals surface area contributed by atoms with Gasteiger partial charge in [-0.3, -0.25) is 4.79 Å². The number of carboxylic acid groups (broad SMARTS) is 1. The van der Waals surface area contributed by atoms with Gasteiger partial charge >= 0.3 is 5.97 Å². The Balaban J connectivity index is 1.62. The Hall–Kier alpha value is -1.21. The van der Waals surface area contributed by atoms with E-state index in [0.717, 1.165) is 44.9 Å². The van der Waals surface area contributed by atoms with Crippen molar-refractivity contribution in [2.45, 2.75) is 114 Å². The number of ether oxygens (including phenoxy) is 2. The summed E-state index contributed by atoms with van der Waals surface area (Å²) >= 11 is 0. The van der Waals surface area contributed by atoms with Gasteiger partial charge in [0.25, 0.3) is 0 Å². The monoisotopic (exact) mass is 436 g/mol. The Kier molecular flexibility index (Phi) is 9.14. The summed E-state index contributed by atoms with van der Waals surface area (Å²) in [5, 5.41) is 29.8. The number of hydrogen-bond acceptors (Lipinski definition) is 5. The minimum atomic E-state index is -0.777. The summed E-state index contributed by atoms with van der Waals surface area (Å²) in [6.07, 6.45) is 17.2. The Morgan fingerprint density at radius 2 is 1.81 bits per heavy atom. The number of carbonyl (C=O) groups is 1. The van der Waals surface area contributed by atoms with Gasteiger partial charge in [-0.15, -0.1) is 0 Å². The Morgan fingerprint density at radius 1 is 1.06 bits per heavy atom. The molecule has 0 aromatic rings. The number of allylic oxidation sites excluding steroid dienone is 2. The molecular formula is C25H40O6. The topological polar surface area (TPSA) is 96.2 Å². The van der Waals surface area contributed by atoms with Crippen LogP contribution in [0.1, 0.15) is 84.0 Å². The second kappa shape index (κ2) is 11.6. The van der Waals surface area contributed by atoms with Crippen molar-refractivity contribution in [3.8, 4) is 0 Å². The predicted molar refractivity (Wildman–Crippen MR) is 118 cm³/mol. The van der Waals surface area contributed by atoms with E-state index < -0.39 is 24.0 Å². The standard InChI is InChI=1S/C25H40O6/c1-2-3-8-15-25(30-22-11-9-12-23(22)31-25)16-14-19-18(20(26)17-21(19)27)10-6-4-5-7-13-24(28)29/h4,6,14,16,18-23,26-27H,2-3,5,7-13,15,17H2,1H3,(H,28,29)/b6-4-,16-14+/t18-,19-,20+,21-,22?,23?,25?/m1/s1. The number of carboxylic acids is 1.